The number of rotatable bonds is 0. The monoisotopic (exact) mass is 209 g/mol. The molecule has 1 heterocycles. The van der Waals surface area contributed by atoms with E-state index in [1.165, 1.54) is 11.3 Å². The van der Waals surface area contributed by atoms with Gasteiger partial charge >= 0.3 is 0 Å². The van der Waals surface area contributed by atoms with Crippen LogP contribution in [0.4, 0.5) is 5.69 Å². The molecule has 0 radical (unpaired) electrons. The van der Waals surface area contributed by atoms with Crippen LogP contribution in [-0.2, 0) is 6.42 Å². The van der Waals surface area contributed by atoms with Gasteiger partial charge in [-0.1, -0.05) is 12.2 Å². The van der Waals surface area contributed by atoms with Crippen molar-refractivity contribution in [2.24, 2.45) is 0 Å². The normalized spacial score (nSPS) is 15.8. The predicted molar refractivity (Wildman–Crippen MR) is 63.0 cm³/mol. The second kappa shape index (κ2) is 3.31. The SMILES string of the molecule is CN1C(=S)CCc2cc(S)ccc21. The standard InChI is InChI=1S/C10H11NS2/c1-11-9-4-3-8(12)6-7(9)2-5-10(11)13/h3-4,6,12H,2,5H2,1H3. The molecule has 1 aromatic rings. The quantitative estimate of drug-likeness (QED) is 0.517. The number of thiol groups is 1. The second-order valence-electron chi connectivity index (χ2n) is 3.27. The van der Waals surface area contributed by atoms with Crippen LogP contribution in [0.1, 0.15) is 12.0 Å². The third-order valence-corrected chi connectivity index (χ3v) is 3.16. The molecule has 0 N–H and O–H groups in total. The molecule has 2 rings (SSSR count). The lowest BCUT2D eigenvalue weighted by Gasteiger charge is -2.28. The van der Waals surface area contributed by atoms with Crippen LogP contribution < -0.4 is 4.90 Å². The first kappa shape index (κ1) is 9.03. The van der Waals surface area contributed by atoms with Crippen LogP contribution in [0.15, 0.2) is 23.1 Å². The van der Waals surface area contributed by atoms with Crippen molar-refractivity contribution >= 4 is 35.5 Å². The first-order chi connectivity index (χ1) is 6.18. The Labute approximate surface area is 89.2 Å². The van der Waals surface area contributed by atoms with Crippen LogP contribution in [0.2, 0.25) is 0 Å². The minimum absolute atomic E-state index is 0.982. The Morgan fingerprint density at radius 1 is 1.38 bits per heavy atom. The van der Waals surface area contributed by atoms with E-state index >= 15 is 0 Å². The molecule has 0 aliphatic carbocycles. The maximum atomic E-state index is 5.24. The van der Waals surface area contributed by atoms with Gasteiger partial charge < -0.3 is 4.90 Å². The highest BCUT2D eigenvalue weighted by Crippen LogP contribution is 2.28. The van der Waals surface area contributed by atoms with Crippen LogP contribution in [0, 0.1) is 0 Å². The molecule has 13 heavy (non-hydrogen) atoms. The van der Waals surface area contributed by atoms with Crippen LogP contribution in [-0.4, -0.2) is 12.0 Å². The topological polar surface area (TPSA) is 3.24 Å². The summed E-state index contributed by atoms with van der Waals surface area (Å²) < 4.78 is 0. The molecule has 0 bridgehead atoms. The summed E-state index contributed by atoms with van der Waals surface area (Å²) in [6.07, 6.45) is 2.03. The number of nitrogens with zero attached hydrogens (tertiary/aromatic N) is 1. The summed E-state index contributed by atoms with van der Waals surface area (Å²) in [6, 6.07) is 6.21. The average molecular weight is 209 g/mol. The molecule has 0 amide bonds. The van der Waals surface area contributed by atoms with Gasteiger partial charge in [0.2, 0.25) is 0 Å². The number of hydrogen-bond donors (Lipinski definition) is 1. The van der Waals surface area contributed by atoms with Gasteiger partial charge in [-0.15, -0.1) is 12.6 Å². The summed E-state index contributed by atoms with van der Waals surface area (Å²) in [5.41, 5.74) is 2.58. The van der Waals surface area contributed by atoms with Crippen LogP contribution in [0.25, 0.3) is 0 Å². The third kappa shape index (κ3) is 1.58. The molecule has 0 atom stereocenters. The van der Waals surface area contributed by atoms with Gasteiger partial charge in [0.05, 0.1) is 4.99 Å². The fourth-order valence-electron chi connectivity index (χ4n) is 1.64. The molecule has 0 saturated heterocycles. The van der Waals surface area contributed by atoms with Crippen molar-refractivity contribution in [2.75, 3.05) is 11.9 Å². The second-order valence-corrected chi connectivity index (χ2v) is 4.25. The molecule has 0 fully saturated rings. The summed E-state index contributed by atoms with van der Waals surface area (Å²) in [5, 5.41) is 0. The lowest BCUT2D eigenvalue weighted by Crippen LogP contribution is -2.29. The van der Waals surface area contributed by atoms with Gasteiger partial charge in [-0.3, -0.25) is 0 Å². The molecule has 1 aliphatic rings. The number of hydrogen-bond acceptors (Lipinski definition) is 2. The van der Waals surface area contributed by atoms with Crippen molar-refractivity contribution in [2.45, 2.75) is 17.7 Å². The van der Waals surface area contributed by atoms with E-state index in [2.05, 4.69) is 29.7 Å². The molecule has 0 aromatic heterocycles. The molecule has 1 nitrogen and oxygen atoms in total. The highest BCUT2D eigenvalue weighted by molar-refractivity contribution is 7.80. The molecule has 3 heteroatoms. The third-order valence-electron chi connectivity index (χ3n) is 2.41. The Morgan fingerprint density at radius 2 is 2.15 bits per heavy atom. The van der Waals surface area contributed by atoms with E-state index in [1.807, 2.05) is 13.1 Å². The van der Waals surface area contributed by atoms with Crippen molar-refractivity contribution < 1.29 is 0 Å². The highest BCUT2D eigenvalue weighted by atomic mass is 32.1. The van der Waals surface area contributed by atoms with Gasteiger partial charge in [-0.25, -0.2) is 0 Å². The number of benzene rings is 1. The lowest BCUT2D eigenvalue weighted by molar-refractivity contribution is 0.969. The van der Waals surface area contributed by atoms with Crippen LogP contribution in [0.5, 0.6) is 0 Å². The molecule has 0 spiro atoms. The molecule has 1 aromatic carbocycles. The number of fused-ring (bicyclic) bond motifs is 1. The number of aryl methyl sites for hydroxylation is 1. The Hall–Kier alpha value is -0.540. The van der Waals surface area contributed by atoms with Crippen molar-refractivity contribution in [3.8, 4) is 0 Å². The van der Waals surface area contributed by atoms with Crippen molar-refractivity contribution in [1.82, 2.24) is 0 Å². The smallest absolute Gasteiger partial charge is 0.0824 e. The summed E-state index contributed by atoms with van der Waals surface area (Å²) in [5.74, 6) is 0. The molecule has 0 unspecified atom stereocenters. The number of anilines is 1. The van der Waals surface area contributed by atoms with E-state index in [0.29, 0.717) is 0 Å². The fraction of sp³-hybridized carbons (Fsp3) is 0.300. The van der Waals surface area contributed by atoms with Gasteiger partial charge in [0.25, 0.3) is 0 Å². The zero-order valence-corrected chi connectivity index (χ0v) is 9.16. The minimum Gasteiger partial charge on any atom is -0.339 e. The molecular weight excluding hydrogens is 198 g/mol. The molecular formula is C10H11NS2. The van der Waals surface area contributed by atoms with Crippen molar-refractivity contribution in [3.63, 3.8) is 0 Å². The predicted octanol–water partition coefficient (Wildman–Crippen LogP) is 2.69. The van der Waals surface area contributed by atoms with Crippen LogP contribution in [0.3, 0.4) is 0 Å². The fourth-order valence-corrected chi connectivity index (χ4v) is 2.07. The zero-order chi connectivity index (χ0) is 9.42. The molecule has 1 aliphatic heterocycles. The van der Waals surface area contributed by atoms with E-state index in [0.717, 1.165) is 22.7 Å². The molecule has 68 valence electrons. The maximum absolute atomic E-state index is 5.24. The highest BCUT2D eigenvalue weighted by Gasteiger charge is 2.17. The van der Waals surface area contributed by atoms with Gasteiger partial charge in [0, 0.05) is 24.1 Å². The average Bonchev–Trinajstić information content (AvgIpc) is 2.12. The first-order valence-electron chi connectivity index (χ1n) is 4.27. The number of thiocarbonyl (C=S) groups is 1. The summed E-state index contributed by atoms with van der Waals surface area (Å²) in [4.78, 5) is 4.14. The Bertz CT molecular complexity index is 360. The van der Waals surface area contributed by atoms with Crippen molar-refractivity contribution in [1.29, 1.82) is 0 Å². The van der Waals surface area contributed by atoms with E-state index in [9.17, 15) is 0 Å². The van der Waals surface area contributed by atoms with Gasteiger partial charge in [-0.05, 0) is 30.2 Å². The Balaban J connectivity index is 2.49. The Morgan fingerprint density at radius 3 is 2.92 bits per heavy atom. The summed E-state index contributed by atoms with van der Waals surface area (Å²) in [6.45, 7) is 0. The van der Waals surface area contributed by atoms with Gasteiger partial charge in [0.15, 0.2) is 0 Å². The van der Waals surface area contributed by atoms with E-state index in [-0.39, 0.29) is 0 Å². The molecule has 0 saturated carbocycles. The van der Waals surface area contributed by atoms with Gasteiger partial charge in [0.1, 0.15) is 0 Å². The van der Waals surface area contributed by atoms with E-state index < -0.39 is 0 Å². The lowest BCUT2D eigenvalue weighted by atomic mass is 10.0. The van der Waals surface area contributed by atoms with Crippen LogP contribution >= 0.6 is 24.8 Å². The first-order valence-corrected chi connectivity index (χ1v) is 5.12. The Kier molecular flexibility index (Phi) is 2.30. The minimum atomic E-state index is 0.982. The largest absolute Gasteiger partial charge is 0.339 e. The maximum Gasteiger partial charge on any atom is 0.0824 e. The zero-order valence-electron chi connectivity index (χ0n) is 7.45. The van der Waals surface area contributed by atoms with E-state index in [1.54, 1.807) is 0 Å². The summed E-state index contributed by atoms with van der Waals surface area (Å²) >= 11 is 9.56. The van der Waals surface area contributed by atoms with Crippen molar-refractivity contribution in [3.05, 3.63) is 23.8 Å². The summed E-state index contributed by atoms with van der Waals surface area (Å²) in [7, 11) is 2.03. The van der Waals surface area contributed by atoms with Gasteiger partial charge in [-0.2, -0.15) is 0 Å². The van der Waals surface area contributed by atoms with E-state index in [4.69, 9.17) is 12.2 Å².